The van der Waals surface area contributed by atoms with Crippen LogP contribution in [0, 0.1) is 0 Å². The molecule has 6 N–H and O–H groups in total. The fourth-order valence-corrected chi connectivity index (χ4v) is 5.45. The summed E-state index contributed by atoms with van der Waals surface area (Å²) < 4.78 is 7.51. The Morgan fingerprint density at radius 1 is 1.23 bits per heavy atom. The number of aromatic nitrogens is 3. The molecule has 6 rings (SSSR count). The van der Waals surface area contributed by atoms with Gasteiger partial charge in [-0.1, -0.05) is 6.92 Å². The highest BCUT2D eigenvalue weighted by atomic mass is 16.5. The van der Waals surface area contributed by atoms with Gasteiger partial charge < -0.3 is 31.5 Å². The maximum Gasteiger partial charge on any atom is 0.135 e. The molecule has 10 heteroatoms. The van der Waals surface area contributed by atoms with E-state index in [4.69, 9.17) is 26.3 Å². The summed E-state index contributed by atoms with van der Waals surface area (Å²) in [7, 11) is 0. The van der Waals surface area contributed by atoms with Gasteiger partial charge in [-0.15, -0.1) is 0 Å². The number of ether oxygens (including phenoxy) is 1. The van der Waals surface area contributed by atoms with Gasteiger partial charge >= 0.3 is 0 Å². The summed E-state index contributed by atoms with van der Waals surface area (Å²) in [6.45, 7) is 5.11. The Morgan fingerprint density at radius 3 is 2.90 bits per heavy atom. The van der Waals surface area contributed by atoms with E-state index in [1.165, 1.54) is 0 Å². The number of hydrogen-bond donors (Lipinski definition) is 4. The number of phenolic OH excluding ortho intramolecular Hbond substituents is 1. The standard InChI is InChI=1S/C29H34N8O2/c1-2-18-11-22(38)3-4-25(18)35-29(31)24-14-33-37-15-19(12-27(37)28(24)34-21-7-10-39-17-21)23-13-32-8-5-26(23)36-9-6-20(30)16-36/h3-5,8,11-15,20-21,34,38H,2,6-7,9-10,16-17,30H2,1H3,(H2,31,35). The highest BCUT2D eigenvalue weighted by Crippen LogP contribution is 2.36. The molecule has 202 valence electrons. The summed E-state index contributed by atoms with van der Waals surface area (Å²) in [6.07, 6.45) is 10.1. The molecule has 1 aromatic carbocycles. The van der Waals surface area contributed by atoms with Crippen LogP contribution in [0.25, 0.3) is 16.6 Å². The lowest BCUT2D eigenvalue weighted by Crippen LogP contribution is -2.26. The Hall–Kier alpha value is -4.15. The minimum Gasteiger partial charge on any atom is -0.508 e. The first kappa shape index (κ1) is 25.1. The van der Waals surface area contributed by atoms with Crippen LogP contribution in [-0.2, 0) is 11.2 Å². The van der Waals surface area contributed by atoms with Crippen molar-refractivity contribution < 1.29 is 9.84 Å². The molecule has 4 aromatic rings. The van der Waals surface area contributed by atoms with Crippen LogP contribution in [-0.4, -0.2) is 63.9 Å². The number of nitrogens with one attached hydrogen (secondary N) is 1. The zero-order chi connectivity index (χ0) is 26.9. The molecule has 39 heavy (non-hydrogen) atoms. The van der Waals surface area contributed by atoms with Crippen LogP contribution in [0.5, 0.6) is 5.75 Å². The van der Waals surface area contributed by atoms with Gasteiger partial charge in [-0.3, -0.25) is 4.98 Å². The normalized spacial score (nSPS) is 19.7. The lowest BCUT2D eigenvalue weighted by atomic mass is 10.1. The molecule has 5 heterocycles. The summed E-state index contributed by atoms with van der Waals surface area (Å²) in [5.41, 5.74) is 20.1. The van der Waals surface area contributed by atoms with E-state index in [0.29, 0.717) is 24.6 Å². The average Bonchev–Trinajstić information content (AvgIpc) is 3.71. The SMILES string of the molecule is CCc1cc(O)ccc1/N=C(\N)c1cnn2cc(-c3cnccc3N3CCC(N)C3)cc2c1NC1CCOC1. The number of aliphatic imine (C=N–C) groups is 1. The molecule has 0 radical (unpaired) electrons. The lowest BCUT2D eigenvalue weighted by molar-refractivity contribution is 0.195. The van der Waals surface area contributed by atoms with Crippen molar-refractivity contribution in [2.75, 3.05) is 36.5 Å². The Bertz CT molecular complexity index is 1530. The van der Waals surface area contributed by atoms with Crippen LogP contribution in [0.4, 0.5) is 17.1 Å². The fraction of sp³-hybridized carbons (Fsp3) is 0.345. The summed E-state index contributed by atoms with van der Waals surface area (Å²) in [5, 5.41) is 18.3. The third kappa shape index (κ3) is 5.00. The highest BCUT2D eigenvalue weighted by Gasteiger charge is 2.24. The number of fused-ring (bicyclic) bond motifs is 1. The van der Waals surface area contributed by atoms with Gasteiger partial charge in [0.25, 0.3) is 0 Å². The summed E-state index contributed by atoms with van der Waals surface area (Å²) in [4.78, 5) is 11.5. The smallest absolute Gasteiger partial charge is 0.135 e. The van der Waals surface area contributed by atoms with Crippen molar-refractivity contribution in [1.29, 1.82) is 0 Å². The topological polar surface area (TPSA) is 139 Å². The molecule has 3 aromatic heterocycles. The number of rotatable bonds is 7. The molecule has 2 atom stereocenters. The number of aromatic hydroxyl groups is 1. The predicted molar refractivity (Wildman–Crippen MR) is 154 cm³/mol. The van der Waals surface area contributed by atoms with Crippen LogP contribution >= 0.6 is 0 Å². The molecular weight excluding hydrogens is 492 g/mol. The van der Waals surface area contributed by atoms with E-state index in [2.05, 4.69) is 27.3 Å². The van der Waals surface area contributed by atoms with Gasteiger partial charge in [0.2, 0.25) is 0 Å². The van der Waals surface area contributed by atoms with Crippen LogP contribution < -0.4 is 21.7 Å². The Morgan fingerprint density at radius 2 is 2.13 bits per heavy atom. The van der Waals surface area contributed by atoms with Crippen molar-refractivity contribution in [3.63, 3.8) is 0 Å². The van der Waals surface area contributed by atoms with Gasteiger partial charge in [-0.05, 0) is 55.2 Å². The largest absolute Gasteiger partial charge is 0.508 e. The van der Waals surface area contributed by atoms with E-state index < -0.39 is 0 Å². The Labute approximate surface area is 227 Å². The van der Waals surface area contributed by atoms with E-state index >= 15 is 0 Å². The third-order valence-corrected chi connectivity index (χ3v) is 7.55. The molecule has 2 saturated heterocycles. The third-order valence-electron chi connectivity index (χ3n) is 7.55. The monoisotopic (exact) mass is 526 g/mol. The highest BCUT2D eigenvalue weighted by molar-refractivity contribution is 6.06. The van der Waals surface area contributed by atoms with Gasteiger partial charge in [-0.25, -0.2) is 9.51 Å². The van der Waals surface area contributed by atoms with Crippen molar-refractivity contribution >= 4 is 28.4 Å². The second-order valence-corrected chi connectivity index (χ2v) is 10.2. The predicted octanol–water partition coefficient (Wildman–Crippen LogP) is 3.44. The van der Waals surface area contributed by atoms with E-state index in [1.54, 1.807) is 24.4 Å². The molecule has 10 nitrogen and oxygen atoms in total. The molecule has 0 spiro atoms. The Kier molecular flexibility index (Phi) is 6.80. The van der Waals surface area contributed by atoms with Crippen LogP contribution in [0.15, 0.2) is 60.1 Å². The van der Waals surface area contributed by atoms with E-state index in [9.17, 15) is 5.11 Å². The fourth-order valence-electron chi connectivity index (χ4n) is 5.45. The molecule has 0 bridgehead atoms. The molecular formula is C29H34N8O2. The maximum absolute atomic E-state index is 9.91. The summed E-state index contributed by atoms with van der Waals surface area (Å²) >= 11 is 0. The van der Waals surface area contributed by atoms with Gasteiger partial charge in [0.1, 0.15) is 11.6 Å². The molecule has 0 saturated carbocycles. The van der Waals surface area contributed by atoms with E-state index in [1.807, 2.05) is 30.0 Å². The first-order valence-electron chi connectivity index (χ1n) is 13.5. The number of hydrogen-bond acceptors (Lipinski definition) is 8. The van der Waals surface area contributed by atoms with Crippen molar-refractivity contribution in [3.05, 3.63) is 66.2 Å². The lowest BCUT2D eigenvalue weighted by Gasteiger charge is -2.20. The average molecular weight is 527 g/mol. The molecule has 2 unspecified atom stereocenters. The number of aryl methyl sites for hydroxylation is 1. The van der Waals surface area contributed by atoms with Gasteiger partial charge in [0.15, 0.2) is 0 Å². The second-order valence-electron chi connectivity index (χ2n) is 10.2. The van der Waals surface area contributed by atoms with Crippen molar-refractivity contribution in [3.8, 4) is 16.9 Å². The van der Waals surface area contributed by atoms with Crippen LogP contribution in [0.1, 0.15) is 30.9 Å². The maximum atomic E-state index is 9.91. The van der Waals surface area contributed by atoms with E-state index in [-0.39, 0.29) is 17.8 Å². The number of phenols is 1. The first-order chi connectivity index (χ1) is 19.0. The first-order valence-corrected chi connectivity index (χ1v) is 13.5. The molecule has 2 fully saturated rings. The van der Waals surface area contributed by atoms with Crippen LogP contribution in [0.3, 0.4) is 0 Å². The van der Waals surface area contributed by atoms with Crippen molar-refractivity contribution in [2.45, 2.75) is 38.3 Å². The number of pyridine rings is 1. The van der Waals surface area contributed by atoms with Gasteiger partial charge in [0, 0.05) is 61.1 Å². The molecule has 2 aliphatic rings. The summed E-state index contributed by atoms with van der Waals surface area (Å²) in [6, 6.07) is 9.64. The van der Waals surface area contributed by atoms with E-state index in [0.717, 1.165) is 71.6 Å². The number of nitrogens with zero attached hydrogens (tertiary/aromatic N) is 5. The molecule has 2 aliphatic heterocycles. The second kappa shape index (κ2) is 10.5. The number of benzene rings is 1. The minimum absolute atomic E-state index is 0.154. The van der Waals surface area contributed by atoms with Gasteiger partial charge in [0.05, 0.1) is 41.3 Å². The van der Waals surface area contributed by atoms with Gasteiger partial charge in [-0.2, -0.15) is 5.10 Å². The number of anilines is 2. The molecule has 0 amide bonds. The zero-order valence-corrected chi connectivity index (χ0v) is 22.0. The molecule has 0 aliphatic carbocycles. The number of nitrogens with two attached hydrogens (primary N) is 2. The quantitative estimate of drug-likeness (QED) is 0.212. The number of amidine groups is 1. The van der Waals surface area contributed by atoms with Crippen LogP contribution in [0.2, 0.25) is 0 Å². The Balaban J connectivity index is 1.45. The van der Waals surface area contributed by atoms with Crippen molar-refractivity contribution in [1.82, 2.24) is 14.6 Å². The zero-order valence-electron chi connectivity index (χ0n) is 22.0. The minimum atomic E-state index is 0.154. The summed E-state index contributed by atoms with van der Waals surface area (Å²) in [5.74, 6) is 0.560. The van der Waals surface area contributed by atoms with Crippen molar-refractivity contribution in [2.24, 2.45) is 16.5 Å².